The van der Waals surface area contributed by atoms with E-state index < -0.39 is 0 Å². The molecule has 0 aromatic heterocycles. The molecule has 2 heterocycles. The molecule has 116 valence electrons. The van der Waals surface area contributed by atoms with Gasteiger partial charge in [0, 0.05) is 26.3 Å². The molecule has 3 rings (SSSR count). The van der Waals surface area contributed by atoms with Crippen LogP contribution < -0.4 is 0 Å². The van der Waals surface area contributed by atoms with Crippen LogP contribution in [0.1, 0.15) is 12.8 Å². The lowest BCUT2D eigenvalue weighted by atomic mass is 9.85. The zero-order valence-corrected chi connectivity index (χ0v) is 13.9. The van der Waals surface area contributed by atoms with Crippen LogP contribution in [0.25, 0.3) is 0 Å². The van der Waals surface area contributed by atoms with E-state index in [9.17, 15) is 10.1 Å². The molecule has 0 aromatic carbocycles. The molecule has 21 heavy (non-hydrogen) atoms. The summed E-state index contributed by atoms with van der Waals surface area (Å²) in [6.07, 6.45) is 5.75. The molecule has 3 aliphatic rings. The fourth-order valence-electron chi connectivity index (χ4n) is 3.59. The van der Waals surface area contributed by atoms with Crippen LogP contribution in [0.5, 0.6) is 0 Å². The van der Waals surface area contributed by atoms with Crippen LogP contribution in [0.3, 0.4) is 0 Å². The maximum atomic E-state index is 11.3. The van der Waals surface area contributed by atoms with E-state index in [4.69, 9.17) is 4.74 Å². The van der Waals surface area contributed by atoms with E-state index in [0.717, 1.165) is 19.6 Å². The molecule has 0 bridgehead atoms. The van der Waals surface area contributed by atoms with Crippen molar-refractivity contribution in [2.45, 2.75) is 29.3 Å². The third kappa shape index (κ3) is 2.41. The minimum absolute atomic E-state index is 0.156. The molecular weight excluding hydrogens is 338 g/mol. The fraction of sp³-hybridized carbons (Fsp3) is 0.714. The normalized spacial score (nSPS) is 31.9. The van der Waals surface area contributed by atoms with Crippen molar-refractivity contribution >= 4 is 15.9 Å². The summed E-state index contributed by atoms with van der Waals surface area (Å²) >= 11 is 3.43. The van der Waals surface area contributed by atoms with E-state index >= 15 is 0 Å². The van der Waals surface area contributed by atoms with Crippen molar-refractivity contribution in [3.05, 3.63) is 33.7 Å². The Balaban J connectivity index is 1.80. The van der Waals surface area contributed by atoms with E-state index in [-0.39, 0.29) is 27.1 Å². The molecule has 6 nitrogen and oxygen atoms in total. The minimum Gasteiger partial charge on any atom is -0.376 e. The van der Waals surface area contributed by atoms with E-state index in [2.05, 4.69) is 32.8 Å². The summed E-state index contributed by atoms with van der Waals surface area (Å²) in [5, 5.41) is 11.3. The highest BCUT2D eigenvalue weighted by Crippen LogP contribution is 2.41. The van der Waals surface area contributed by atoms with Gasteiger partial charge in [0.15, 0.2) is 0 Å². The standard InChI is InChI=1S/C14H20BrN3O3/c1-16-5-3-4-14(16)8-17(9-14)11-7-13(21-2)10(15)6-12(11)18(19)20/h6-7,10,13H,3-5,8-9H2,1-2H3. The third-order valence-electron chi connectivity index (χ3n) is 4.94. The Hall–Kier alpha value is -0.920. The van der Waals surface area contributed by atoms with Crippen LogP contribution in [-0.2, 0) is 4.74 Å². The first-order valence-corrected chi connectivity index (χ1v) is 8.10. The summed E-state index contributed by atoms with van der Waals surface area (Å²) in [5.41, 5.74) is 1.10. The second-order valence-corrected chi connectivity index (χ2v) is 7.17. The van der Waals surface area contributed by atoms with Gasteiger partial charge in [-0.1, -0.05) is 15.9 Å². The lowest BCUT2D eigenvalue weighted by molar-refractivity contribution is -0.423. The highest BCUT2D eigenvalue weighted by molar-refractivity contribution is 9.09. The Bertz CT molecular complexity index is 514. The highest BCUT2D eigenvalue weighted by Gasteiger charge is 2.51. The molecule has 1 spiro atoms. The molecule has 0 amide bonds. The molecular formula is C14H20BrN3O3. The number of hydrogen-bond donors (Lipinski definition) is 0. The van der Waals surface area contributed by atoms with Crippen LogP contribution >= 0.6 is 15.9 Å². The minimum atomic E-state index is -0.296. The van der Waals surface area contributed by atoms with Crippen molar-refractivity contribution in [1.29, 1.82) is 0 Å². The number of likely N-dealkylation sites (tertiary alicyclic amines) is 2. The second kappa shape index (κ2) is 5.37. The number of methoxy groups -OCH3 is 1. The van der Waals surface area contributed by atoms with Gasteiger partial charge in [0.2, 0.25) is 0 Å². The molecule has 0 N–H and O–H groups in total. The van der Waals surface area contributed by atoms with Crippen LogP contribution in [-0.4, -0.2) is 65.0 Å². The highest BCUT2D eigenvalue weighted by atomic mass is 79.9. The fourth-order valence-corrected chi connectivity index (χ4v) is 4.21. The largest absolute Gasteiger partial charge is 0.376 e. The first kappa shape index (κ1) is 15.0. The first-order valence-electron chi connectivity index (χ1n) is 7.18. The molecule has 7 heteroatoms. The maximum Gasteiger partial charge on any atom is 0.289 e. The predicted octanol–water partition coefficient (Wildman–Crippen LogP) is 1.60. The van der Waals surface area contributed by atoms with Gasteiger partial charge in [0.25, 0.3) is 5.70 Å². The van der Waals surface area contributed by atoms with Crippen molar-refractivity contribution in [1.82, 2.24) is 9.80 Å². The SMILES string of the molecule is COC1C=C(N2CC3(CCCN3C)C2)C([N+](=O)[O-])=CC1Br. The summed E-state index contributed by atoms with van der Waals surface area (Å²) in [6.45, 7) is 2.85. The quantitative estimate of drug-likeness (QED) is 0.436. The van der Waals surface area contributed by atoms with E-state index in [1.54, 1.807) is 13.2 Å². The molecule has 0 saturated carbocycles. The van der Waals surface area contributed by atoms with Gasteiger partial charge in [-0.05, 0) is 32.5 Å². The number of nitro groups is 1. The molecule has 0 aromatic rings. The van der Waals surface area contributed by atoms with Gasteiger partial charge in [-0.15, -0.1) is 0 Å². The number of ether oxygens (including phenoxy) is 1. The lowest BCUT2D eigenvalue weighted by Gasteiger charge is -2.53. The van der Waals surface area contributed by atoms with Crippen molar-refractivity contribution in [3.8, 4) is 0 Å². The van der Waals surface area contributed by atoms with E-state index in [1.807, 2.05) is 6.08 Å². The Kier molecular flexibility index (Phi) is 3.83. The lowest BCUT2D eigenvalue weighted by Crippen LogP contribution is -2.66. The maximum absolute atomic E-state index is 11.3. The molecule has 2 atom stereocenters. The summed E-state index contributed by atoms with van der Waals surface area (Å²) in [4.78, 5) is 15.4. The summed E-state index contributed by atoms with van der Waals surface area (Å²) < 4.78 is 5.39. The Morgan fingerprint density at radius 1 is 1.48 bits per heavy atom. The second-order valence-electron chi connectivity index (χ2n) is 6.11. The molecule has 2 saturated heterocycles. The summed E-state index contributed by atoms with van der Waals surface area (Å²) in [6, 6.07) is 0. The van der Waals surface area contributed by atoms with Gasteiger partial charge in [0.1, 0.15) is 5.70 Å². The summed E-state index contributed by atoms with van der Waals surface area (Å²) in [7, 11) is 3.77. The average Bonchev–Trinajstić information content (AvgIpc) is 2.78. The summed E-state index contributed by atoms with van der Waals surface area (Å²) in [5.74, 6) is 0. The van der Waals surface area contributed by atoms with Crippen molar-refractivity contribution < 1.29 is 9.66 Å². The molecule has 1 aliphatic carbocycles. The van der Waals surface area contributed by atoms with Crippen molar-refractivity contribution in [2.24, 2.45) is 0 Å². The van der Waals surface area contributed by atoms with Gasteiger partial charge < -0.3 is 9.64 Å². The van der Waals surface area contributed by atoms with Gasteiger partial charge in [-0.25, -0.2) is 0 Å². The zero-order chi connectivity index (χ0) is 15.2. The van der Waals surface area contributed by atoms with Gasteiger partial charge in [0.05, 0.1) is 21.4 Å². The third-order valence-corrected chi connectivity index (χ3v) is 5.73. The number of halogens is 1. The van der Waals surface area contributed by atoms with Crippen LogP contribution in [0.4, 0.5) is 0 Å². The number of nitrogens with zero attached hydrogens (tertiary/aromatic N) is 3. The Morgan fingerprint density at radius 2 is 2.19 bits per heavy atom. The first-order chi connectivity index (χ1) is 9.97. The Morgan fingerprint density at radius 3 is 2.71 bits per heavy atom. The number of alkyl halides is 1. The Labute approximate surface area is 132 Å². The van der Waals surface area contributed by atoms with Gasteiger partial charge >= 0.3 is 0 Å². The smallest absolute Gasteiger partial charge is 0.289 e. The number of rotatable bonds is 3. The van der Waals surface area contributed by atoms with Crippen LogP contribution in [0, 0.1) is 10.1 Å². The monoisotopic (exact) mass is 357 g/mol. The molecule has 0 radical (unpaired) electrons. The number of hydrogen-bond acceptors (Lipinski definition) is 5. The number of likely N-dealkylation sites (N-methyl/N-ethyl adjacent to an activating group) is 1. The van der Waals surface area contributed by atoms with E-state index in [0.29, 0.717) is 5.70 Å². The topological polar surface area (TPSA) is 58.8 Å². The zero-order valence-electron chi connectivity index (χ0n) is 12.3. The van der Waals surface area contributed by atoms with Crippen LogP contribution in [0.2, 0.25) is 0 Å². The van der Waals surface area contributed by atoms with Crippen molar-refractivity contribution in [2.75, 3.05) is 33.8 Å². The molecule has 2 unspecified atom stereocenters. The van der Waals surface area contributed by atoms with E-state index in [1.165, 1.54) is 12.8 Å². The molecule has 2 fully saturated rings. The van der Waals surface area contributed by atoms with Gasteiger partial charge in [-0.2, -0.15) is 0 Å². The predicted molar refractivity (Wildman–Crippen MR) is 82.8 cm³/mol. The molecule has 2 aliphatic heterocycles. The van der Waals surface area contributed by atoms with Gasteiger partial charge in [-0.3, -0.25) is 15.0 Å². The van der Waals surface area contributed by atoms with Crippen molar-refractivity contribution in [3.63, 3.8) is 0 Å². The van der Waals surface area contributed by atoms with Crippen LogP contribution in [0.15, 0.2) is 23.5 Å². The average molecular weight is 358 g/mol.